The van der Waals surface area contributed by atoms with E-state index in [1.807, 2.05) is 43.1 Å². The van der Waals surface area contributed by atoms with E-state index in [0.717, 1.165) is 28.5 Å². The van der Waals surface area contributed by atoms with Crippen LogP contribution in [-0.2, 0) is 4.74 Å². The van der Waals surface area contributed by atoms with E-state index < -0.39 is 0 Å². The van der Waals surface area contributed by atoms with Crippen molar-refractivity contribution in [1.82, 2.24) is 5.16 Å². The van der Waals surface area contributed by atoms with E-state index >= 15 is 0 Å². The molecule has 0 atom stereocenters. The fraction of sp³-hybridized carbons (Fsp3) is 0.150. The van der Waals surface area contributed by atoms with E-state index in [2.05, 4.69) is 41.6 Å². The SMILES string of the molecule is Cc1noc(N2C=C(c3ccc(-c4ccccc4)cc3)OC2)c1C. The van der Waals surface area contributed by atoms with E-state index in [-0.39, 0.29) is 0 Å². The van der Waals surface area contributed by atoms with Gasteiger partial charge in [-0.1, -0.05) is 59.8 Å². The van der Waals surface area contributed by atoms with Crippen molar-refractivity contribution >= 4 is 11.6 Å². The highest BCUT2D eigenvalue weighted by Gasteiger charge is 2.22. The lowest BCUT2D eigenvalue weighted by Gasteiger charge is -2.09. The van der Waals surface area contributed by atoms with Gasteiger partial charge in [-0.15, -0.1) is 0 Å². The predicted molar refractivity (Wildman–Crippen MR) is 94.3 cm³/mol. The Morgan fingerprint density at radius 2 is 1.54 bits per heavy atom. The van der Waals surface area contributed by atoms with Crippen LogP contribution in [0.15, 0.2) is 65.3 Å². The van der Waals surface area contributed by atoms with Crippen LogP contribution in [0.2, 0.25) is 0 Å². The largest absolute Gasteiger partial charge is 0.470 e. The second kappa shape index (κ2) is 5.89. The van der Waals surface area contributed by atoms with Crippen LogP contribution >= 0.6 is 0 Å². The van der Waals surface area contributed by atoms with Gasteiger partial charge in [0.05, 0.1) is 11.9 Å². The van der Waals surface area contributed by atoms with Gasteiger partial charge in [0.1, 0.15) is 5.76 Å². The topological polar surface area (TPSA) is 38.5 Å². The van der Waals surface area contributed by atoms with Crippen LogP contribution in [0.4, 0.5) is 5.88 Å². The van der Waals surface area contributed by atoms with Crippen molar-refractivity contribution in [2.75, 3.05) is 11.6 Å². The van der Waals surface area contributed by atoms with E-state index in [1.54, 1.807) is 0 Å². The fourth-order valence-electron chi connectivity index (χ4n) is 2.76. The number of nitrogens with zero attached hydrogens (tertiary/aromatic N) is 2. The lowest BCUT2D eigenvalue weighted by atomic mass is 10.0. The summed E-state index contributed by atoms with van der Waals surface area (Å²) in [5.41, 5.74) is 5.39. The van der Waals surface area contributed by atoms with Gasteiger partial charge in [0.25, 0.3) is 0 Å². The van der Waals surface area contributed by atoms with Crippen molar-refractivity contribution in [3.63, 3.8) is 0 Å². The molecule has 0 spiro atoms. The molecule has 4 rings (SSSR count). The van der Waals surface area contributed by atoms with Crippen LogP contribution in [-0.4, -0.2) is 11.9 Å². The standard InChI is InChI=1S/C20H18N2O2/c1-14-15(2)21-24-20(14)22-12-19(23-13-22)18-10-8-17(9-11-18)16-6-4-3-5-7-16/h3-12H,13H2,1-2H3. The molecule has 0 amide bonds. The molecular formula is C20H18N2O2. The summed E-state index contributed by atoms with van der Waals surface area (Å²) in [7, 11) is 0. The van der Waals surface area contributed by atoms with Crippen LogP contribution in [0.1, 0.15) is 16.8 Å². The van der Waals surface area contributed by atoms with Crippen molar-refractivity contribution in [1.29, 1.82) is 0 Å². The Kier molecular flexibility index (Phi) is 3.58. The van der Waals surface area contributed by atoms with Crippen molar-refractivity contribution in [2.45, 2.75) is 13.8 Å². The summed E-state index contributed by atoms with van der Waals surface area (Å²) in [5.74, 6) is 1.58. The monoisotopic (exact) mass is 318 g/mol. The Morgan fingerprint density at radius 3 is 2.21 bits per heavy atom. The molecule has 1 aliphatic rings. The highest BCUT2D eigenvalue weighted by Crippen LogP contribution is 2.31. The normalized spacial score (nSPS) is 13.8. The molecule has 0 radical (unpaired) electrons. The highest BCUT2D eigenvalue weighted by molar-refractivity contribution is 5.70. The molecule has 1 aromatic heterocycles. The summed E-state index contributed by atoms with van der Waals surface area (Å²) >= 11 is 0. The predicted octanol–water partition coefficient (Wildman–Crippen LogP) is 4.75. The number of benzene rings is 2. The molecule has 0 N–H and O–H groups in total. The van der Waals surface area contributed by atoms with Gasteiger partial charge in [-0.25, -0.2) is 0 Å². The third-order valence-electron chi connectivity index (χ3n) is 4.30. The third-order valence-corrected chi connectivity index (χ3v) is 4.30. The Balaban J connectivity index is 1.58. The van der Waals surface area contributed by atoms with Crippen molar-refractivity contribution in [2.24, 2.45) is 0 Å². The zero-order valence-electron chi connectivity index (χ0n) is 13.7. The second-order valence-electron chi connectivity index (χ2n) is 5.88. The molecule has 2 heterocycles. The minimum atomic E-state index is 0.436. The quantitative estimate of drug-likeness (QED) is 0.698. The van der Waals surface area contributed by atoms with Gasteiger partial charge in [0, 0.05) is 11.1 Å². The maximum absolute atomic E-state index is 5.82. The lowest BCUT2D eigenvalue weighted by molar-refractivity contribution is 0.298. The first-order valence-corrected chi connectivity index (χ1v) is 7.92. The zero-order chi connectivity index (χ0) is 16.5. The maximum Gasteiger partial charge on any atom is 0.237 e. The van der Waals surface area contributed by atoms with Gasteiger partial charge >= 0.3 is 0 Å². The fourth-order valence-corrected chi connectivity index (χ4v) is 2.76. The summed E-state index contributed by atoms with van der Waals surface area (Å²) in [6.07, 6.45) is 1.96. The number of hydrogen-bond donors (Lipinski definition) is 0. The second-order valence-corrected chi connectivity index (χ2v) is 5.88. The summed E-state index contributed by atoms with van der Waals surface area (Å²) < 4.78 is 11.2. The average molecular weight is 318 g/mol. The Morgan fingerprint density at radius 1 is 0.875 bits per heavy atom. The molecule has 1 aliphatic heterocycles. The molecule has 2 aromatic carbocycles. The molecule has 0 aliphatic carbocycles. The molecule has 0 bridgehead atoms. The minimum absolute atomic E-state index is 0.436. The van der Waals surface area contributed by atoms with Crippen LogP contribution in [0.25, 0.3) is 16.9 Å². The molecule has 4 nitrogen and oxygen atoms in total. The first-order chi connectivity index (χ1) is 11.7. The van der Waals surface area contributed by atoms with Gasteiger partial charge in [-0.3, -0.25) is 4.90 Å². The van der Waals surface area contributed by atoms with Gasteiger partial charge in [-0.05, 0) is 25.0 Å². The van der Waals surface area contributed by atoms with Crippen molar-refractivity contribution < 1.29 is 9.26 Å². The van der Waals surface area contributed by atoms with E-state index in [0.29, 0.717) is 6.73 Å². The van der Waals surface area contributed by atoms with Crippen molar-refractivity contribution in [3.8, 4) is 11.1 Å². The number of rotatable bonds is 3. The number of anilines is 1. The van der Waals surface area contributed by atoms with Crippen LogP contribution in [0.5, 0.6) is 0 Å². The Labute approximate surface area is 141 Å². The van der Waals surface area contributed by atoms with E-state index in [1.165, 1.54) is 11.1 Å². The van der Waals surface area contributed by atoms with Crippen LogP contribution < -0.4 is 4.90 Å². The molecule has 0 fully saturated rings. The van der Waals surface area contributed by atoms with Gasteiger partial charge in [0.2, 0.25) is 5.88 Å². The Hall–Kier alpha value is -3.01. The van der Waals surface area contributed by atoms with E-state index in [9.17, 15) is 0 Å². The van der Waals surface area contributed by atoms with Gasteiger partial charge in [-0.2, -0.15) is 0 Å². The summed E-state index contributed by atoms with van der Waals surface area (Å²) in [5, 5.41) is 4.00. The summed E-state index contributed by atoms with van der Waals surface area (Å²) in [6.45, 7) is 4.37. The molecule has 0 saturated heterocycles. The molecule has 3 aromatic rings. The number of aromatic nitrogens is 1. The maximum atomic E-state index is 5.82. The number of ether oxygens (including phenoxy) is 1. The van der Waals surface area contributed by atoms with Crippen molar-refractivity contribution in [3.05, 3.63) is 77.6 Å². The van der Waals surface area contributed by atoms with Gasteiger partial charge in [0.15, 0.2) is 6.73 Å². The lowest BCUT2D eigenvalue weighted by Crippen LogP contribution is -2.13. The summed E-state index contributed by atoms with van der Waals surface area (Å²) in [6, 6.07) is 18.7. The first-order valence-electron chi connectivity index (χ1n) is 7.92. The molecule has 0 unspecified atom stereocenters. The molecular weight excluding hydrogens is 300 g/mol. The highest BCUT2D eigenvalue weighted by atomic mass is 16.5. The molecule has 24 heavy (non-hydrogen) atoms. The zero-order valence-corrected chi connectivity index (χ0v) is 13.7. The van der Waals surface area contributed by atoms with E-state index in [4.69, 9.17) is 9.26 Å². The minimum Gasteiger partial charge on any atom is -0.470 e. The smallest absolute Gasteiger partial charge is 0.237 e. The molecule has 4 heteroatoms. The number of hydrogen-bond acceptors (Lipinski definition) is 4. The van der Waals surface area contributed by atoms with Crippen LogP contribution in [0.3, 0.4) is 0 Å². The first kappa shape index (κ1) is 14.6. The summed E-state index contributed by atoms with van der Waals surface area (Å²) in [4.78, 5) is 1.94. The third kappa shape index (κ3) is 2.56. The molecule has 120 valence electrons. The molecule has 0 saturated carbocycles. The number of aryl methyl sites for hydroxylation is 1. The van der Waals surface area contributed by atoms with Gasteiger partial charge < -0.3 is 9.26 Å². The van der Waals surface area contributed by atoms with Crippen LogP contribution in [0, 0.1) is 13.8 Å². The Bertz CT molecular complexity index is 880. The average Bonchev–Trinajstić information content (AvgIpc) is 3.24.